The SMILES string of the molecule is CCCNC(=O)c1ccc2c(c1)[C@@]1(CCO2)[C@H](C(=O)Nc2cc(C#N)ccc2CCCC(=O)O)[C@@H]1C. The van der Waals surface area contributed by atoms with E-state index in [2.05, 4.69) is 16.7 Å². The van der Waals surface area contributed by atoms with E-state index in [0.717, 1.165) is 17.5 Å². The number of carboxylic acid groups (broad SMARTS) is 1. The predicted molar refractivity (Wildman–Crippen MR) is 134 cm³/mol. The number of carbonyl (C=O) groups is 3. The molecule has 0 aromatic heterocycles. The van der Waals surface area contributed by atoms with Crippen LogP contribution in [0.25, 0.3) is 0 Å². The normalized spacial score (nSPS) is 21.6. The van der Waals surface area contributed by atoms with E-state index in [1.54, 1.807) is 24.3 Å². The number of aliphatic carboxylic acids is 1. The Labute approximate surface area is 210 Å². The van der Waals surface area contributed by atoms with E-state index in [9.17, 15) is 19.6 Å². The smallest absolute Gasteiger partial charge is 0.303 e. The zero-order chi connectivity index (χ0) is 25.9. The van der Waals surface area contributed by atoms with Crippen molar-refractivity contribution in [2.24, 2.45) is 11.8 Å². The monoisotopic (exact) mass is 489 g/mol. The number of ether oxygens (including phenoxy) is 1. The molecule has 36 heavy (non-hydrogen) atoms. The van der Waals surface area contributed by atoms with Gasteiger partial charge in [0, 0.05) is 35.2 Å². The number of hydrogen-bond acceptors (Lipinski definition) is 5. The molecule has 2 aliphatic rings. The number of nitrogens with one attached hydrogen (secondary N) is 2. The molecule has 3 N–H and O–H groups in total. The summed E-state index contributed by atoms with van der Waals surface area (Å²) in [7, 11) is 0. The number of fused-ring (bicyclic) bond motifs is 2. The van der Waals surface area contributed by atoms with Crippen molar-refractivity contribution >= 4 is 23.5 Å². The summed E-state index contributed by atoms with van der Waals surface area (Å²) in [5, 5.41) is 24.2. The first-order chi connectivity index (χ1) is 17.3. The van der Waals surface area contributed by atoms with Gasteiger partial charge in [0.1, 0.15) is 5.75 Å². The Hall–Kier alpha value is -3.86. The number of carboxylic acids is 1. The molecule has 1 saturated carbocycles. The van der Waals surface area contributed by atoms with Gasteiger partial charge in [0.05, 0.1) is 24.2 Å². The summed E-state index contributed by atoms with van der Waals surface area (Å²) in [6.45, 7) is 5.12. The van der Waals surface area contributed by atoms with E-state index >= 15 is 0 Å². The van der Waals surface area contributed by atoms with Gasteiger partial charge in [-0.3, -0.25) is 14.4 Å². The van der Waals surface area contributed by atoms with Gasteiger partial charge in [0.2, 0.25) is 5.91 Å². The molecule has 0 radical (unpaired) electrons. The molecule has 1 aliphatic carbocycles. The van der Waals surface area contributed by atoms with Crippen LogP contribution < -0.4 is 15.4 Å². The summed E-state index contributed by atoms with van der Waals surface area (Å²) in [4.78, 5) is 37.1. The highest BCUT2D eigenvalue weighted by molar-refractivity contribution is 5.98. The van der Waals surface area contributed by atoms with Crippen LogP contribution in [0.1, 0.15) is 66.6 Å². The lowest BCUT2D eigenvalue weighted by molar-refractivity contribution is -0.137. The minimum Gasteiger partial charge on any atom is -0.493 e. The number of anilines is 1. The highest BCUT2D eigenvalue weighted by Gasteiger charge is 2.67. The Kier molecular flexibility index (Phi) is 7.30. The molecular formula is C28H31N3O5. The number of hydrogen-bond donors (Lipinski definition) is 3. The van der Waals surface area contributed by atoms with Crippen molar-refractivity contribution in [2.75, 3.05) is 18.5 Å². The molecule has 1 spiro atoms. The maximum atomic E-state index is 13.6. The molecular weight excluding hydrogens is 458 g/mol. The number of amides is 2. The molecule has 4 rings (SSSR count). The van der Waals surface area contributed by atoms with Crippen molar-refractivity contribution < 1.29 is 24.2 Å². The molecule has 1 heterocycles. The molecule has 0 bridgehead atoms. The van der Waals surface area contributed by atoms with E-state index in [0.29, 0.717) is 55.0 Å². The summed E-state index contributed by atoms with van der Waals surface area (Å²) >= 11 is 0. The second-order valence-electron chi connectivity index (χ2n) is 9.59. The van der Waals surface area contributed by atoms with E-state index in [1.807, 2.05) is 26.0 Å². The number of rotatable bonds is 9. The summed E-state index contributed by atoms with van der Waals surface area (Å²) in [6, 6.07) is 12.6. The molecule has 2 aromatic rings. The average Bonchev–Trinajstić information content (AvgIpc) is 3.46. The number of benzene rings is 2. The maximum Gasteiger partial charge on any atom is 0.303 e. The minimum absolute atomic E-state index is 0.0289. The molecule has 8 nitrogen and oxygen atoms in total. The fourth-order valence-electron chi connectivity index (χ4n) is 5.47. The number of nitriles is 1. The lowest BCUT2D eigenvalue weighted by Crippen LogP contribution is -2.29. The van der Waals surface area contributed by atoms with Gasteiger partial charge < -0.3 is 20.5 Å². The molecule has 8 heteroatoms. The highest BCUT2D eigenvalue weighted by Crippen LogP contribution is 2.65. The Bertz CT molecular complexity index is 1230. The van der Waals surface area contributed by atoms with E-state index < -0.39 is 11.4 Å². The van der Waals surface area contributed by atoms with Crippen LogP contribution in [0.15, 0.2) is 36.4 Å². The van der Waals surface area contributed by atoms with E-state index in [-0.39, 0.29) is 30.1 Å². The molecule has 0 unspecified atom stereocenters. The number of nitrogens with zero attached hydrogens (tertiary/aromatic N) is 1. The Morgan fingerprint density at radius 3 is 2.75 bits per heavy atom. The first-order valence-corrected chi connectivity index (χ1v) is 12.4. The quantitative estimate of drug-likeness (QED) is 0.488. The van der Waals surface area contributed by atoms with Gasteiger partial charge >= 0.3 is 5.97 Å². The third-order valence-electron chi connectivity index (χ3n) is 7.43. The Balaban J connectivity index is 1.58. The van der Waals surface area contributed by atoms with Crippen molar-refractivity contribution in [1.82, 2.24) is 5.32 Å². The van der Waals surface area contributed by atoms with Gasteiger partial charge in [-0.05, 0) is 67.5 Å². The fraction of sp³-hybridized carbons (Fsp3) is 0.429. The predicted octanol–water partition coefficient (Wildman–Crippen LogP) is 4.03. The lowest BCUT2D eigenvalue weighted by atomic mass is 9.85. The first-order valence-electron chi connectivity index (χ1n) is 12.4. The van der Waals surface area contributed by atoms with Crippen molar-refractivity contribution in [1.29, 1.82) is 5.26 Å². The second-order valence-corrected chi connectivity index (χ2v) is 9.59. The van der Waals surface area contributed by atoms with Crippen LogP contribution in [0.4, 0.5) is 5.69 Å². The zero-order valence-electron chi connectivity index (χ0n) is 20.6. The van der Waals surface area contributed by atoms with Crippen LogP contribution in [-0.4, -0.2) is 36.0 Å². The standard InChI is InChI=1S/C28H31N3O5/c1-3-12-30-26(34)20-9-10-23-21(15-20)28(11-13-36-23)17(2)25(28)27(35)31-22-14-18(16-29)7-8-19(22)5-4-6-24(32)33/h7-10,14-15,17,25H,3-6,11-13H2,1-2H3,(H,30,34)(H,31,35)(H,32,33)/t17-,25-,28-/m0/s1. The van der Waals surface area contributed by atoms with Crippen molar-refractivity contribution in [3.8, 4) is 11.8 Å². The Morgan fingerprint density at radius 2 is 2.03 bits per heavy atom. The topological polar surface area (TPSA) is 129 Å². The van der Waals surface area contributed by atoms with Gasteiger partial charge in [0.15, 0.2) is 0 Å². The number of carbonyl (C=O) groups excluding carboxylic acids is 2. The molecule has 2 aromatic carbocycles. The summed E-state index contributed by atoms with van der Waals surface area (Å²) < 4.78 is 5.88. The fourth-order valence-corrected chi connectivity index (χ4v) is 5.47. The summed E-state index contributed by atoms with van der Waals surface area (Å²) in [5.74, 6) is -0.727. The first kappa shape index (κ1) is 25.2. The second kappa shape index (κ2) is 10.4. The van der Waals surface area contributed by atoms with E-state index in [1.165, 1.54) is 0 Å². The third kappa shape index (κ3) is 4.78. The maximum absolute atomic E-state index is 13.6. The molecule has 1 aliphatic heterocycles. The molecule has 0 saturated heterocycles. The van der Waals surface area contributed by atoms with Crippen LogP contribution in [0.2, 0.25) is 0 Å². The Morgan fingerprint density at radius 1 is 1.22 bits per heavy atom. The van der Waals surface area contributed by atoms with Crippen LogP contribution in [-0.2, 0) is 21.4 Å². The lowest BCUT2D eigenvalue weighted by Gasteiger charge is -2.28. The van der Waals surface area contributed by atoms with E-state index in [4.69, 9.17) is 9.84 Å². The highest BCUT2D eigenvalue weighted by atomic mass is 16.5. The minimum atomic E-state index is -0.871. The molecule has 188 valence electrons. The van der Waals surface area contributed by atoms with Gasteiger partial charge in [-0.2, -0.15) is 5.26 Å². The van der Waals surface area contributed by atoms with Gasteiger partial charge in [-0.1, -0.05) is 19.9 Å². The van der Waals surface area contributed by atoms with Gasteiger partial charge in [-0.25, -0.2) is 0 Å². The average molecular weight is 490 g/mol. The van der Waals surface area contributed by atoms with Crippen LogP contribution in [0.5, 0.6) is 5.75 Å². The largest absolute Gasteiger partial charge is 0.493 e. The third-order valence-corrected chi connectivity index (χ3v) is 7.43. The van der Waals surface area contributed by atoms with Crippen molar-refractivity contribution in [2.45, 2.75) is 51.4 Å². The molecule has 2 amide bonds. The molecule has 3 atom stereocenters. The molecule has 1 fully saturated rings. The summed E-state index contributed by atoms with van der Waals surface area (Å²) in [6.07, 6.45) is 2.45. The van der Waals surface area contributed by atoms with Crippen molar-refractivity contribution in [3.05, 3.63) is 58.7 Å². The van der Waals surface area contributed by atoms with Crippen LogP contribution in [0.3, 0.4) is 0 Å². The van der Waals surface area contributed by atoms with Crippen LogP contribution >= 0.6 is 0 Å². The summed E-state index contributed by atoms with van der Waals surface area (Å²) in [5.41, 5.74) is 2.78. The van der Waals surface area contributed by atoms with Crippen molar-refractivity contribution in [3.63, 3.8) is 0 Å². The van der Waals surface area contributed by atoms with Crippen LogP contribution in [0, 0.1) is 23.2 Å². The van der Waals surface area contributed by atoms with Gasteiger partial charge in [0.25, 0.3) is 5.91 Å². The number of aryl methyl sites for hydroxylation is 1. The zero-order valence-corrected chi connectivity index (χ0v) is 20.6. The van der Waals surface area contributed by atoms with Gasteiger partial charge in [-0.15, -0.1) is 0 Å².